The number of halogens is 4. The van der Waals surface area contributed by atoms with Crippen LogP contribution in [0.4, 0.5) is 18.9 Å². The number of anilines is 1. The van der Waals surface area contributed by atoms with Crippen molar-refractivity contribution in [3.05, 3.63) is 52.5 Å². The highest BCUT2D eigenvalue weighted by Gasteiger charge is 2.34. The normalized spacial score (nSPS) is 15.6. The van der Waals surface area contributed by atoms with Crippen molar-refractivity contribution < 1.29 is 22.6 Å². The fraction of sp³-hybridized carbons (Fsp3) is 0.400. The molecule has 152 valence electrons. The van der Waals surface area contributed by atoms with Gasteiger partial charge in [-0.05, 0) is 35.9 Å². The van der Waals surface area contributed by atoms with Gasteiger partial charge in [0, 0.05) is 38.4 Å². The molecule has 1 saturated heterocycles. The summed E-state index contributed by atoms with van der Waals surface area (Å²) in [5.74, 6) is 1.36. The van der Waals surface area contributed by atoms with E-state index in [1.54, 1.807) is 20.3 Å². The second kappa shape index (κ2) is 8.49. The summed E-state index contributed by atoms with van der Waals surface area (Å²) in [5, 5.41) is -0.275. The summed E-state index contributed by atoms with van der Waals surface area (Å²) in [6, 6.07) is 9.89. The Hall–Kier alpha value is -2.12. The summed E-state index contributed by atoms with van der Waals surface area (Å²) in [6.45, 7) is 3.53. The minimum atomic E-state index is -4.46. The molecule has 0 N–H and O–H groups in total. The van der Waals surface area contributed by atoms with Crippen molar-refractivity contribution in [2.45, 2.75) is 12.7 Å². The predicted octanol–water partition coefficient (Wildman–Crippen LogP) is 4.70. The van der Waals surface area contributed by atoms with Gasteiger partial charge in [0.1, 0.15) is 0 Å². The van der Waals surface area contributed by atoms with Gasteiger partial charge >= 0.3 is 6.18 Å². The first kappa shape index (κ1) is 20.6. The Kier molecular flexibility index (Phi) is 6.25. The first-order valence-corrected chi connectivity index (χ1v) is 9.24. The third kappa shape index (κ3) is 4.64. The zero-order chi connectivity index (χ0) is 20.3. The number of piperazine rings is 1. The third-order valence-corrected chi connectivity index (χ3v) is 5.18. The molecule has 8 heteroatoms. The molecule has 0 atom stereocenters. The Labute approximate surface area is 167 Å². The van der Waals surface area contributed by atoms with Crippen LogP contribution in [0.5, 0.6) is 11.5 Å². The topological polar surface area (TPSA) is 24.9 Å². The van der Waals surface area contributed by atoms with E-state index in [0.29, 0.717) is 30.3 Å². The molecule has 0 saturated carbocycles. The van der Waals surface area contributed by atoms with Crippen molar-refractivity contribution in [2.75, 3.05) is 45.3 Å². The average Bonchev–Trinajstić information content (AvgIpc) is 2.68. The molecular weight excluding hydrogens is 393 g/mol. The maximum absolute atomic E-state index is 13.1. The van der Waals surface area contributed by atoms with Crippen LogP contribution in [0.3, 0.4) is 0 Å². The maximum Gasteiger partial charge on any atom is 0.417 e. The van der Waals surface area contributed by atoms with E-state index in [2.05, 4.69) is 4.90 Å². The zero-order valence-corrected chi connectivity index (χ0v) is 16.5. The smallest absolute Gasteiger partial charge is 0.417 e. The Balaban J connectivity index is 1.64. The zero-order valence-electron chi connectivity index (χ0n) is 15.7. The molecule has 1 aliphatic heterocycles. The van der Waals surface area contributed by atoms with Gasteiger partial charge in [-0.1, -0.05) is 17.7 Å². The number of methoxy groups -OCH3 is 2. The minimum absolute atomic E-state index is 0.275. The number of ether oxygens (including phenoxy) is 2. The second-order valence-corrected chi connectivity index (χ2v) is 7.02. The molecule has 0 aliphatic carbocycles. The molecule has 2 aromatic carbocycles. The molecule has 1 aliphatic rings. The molecule has 4 nitrogen and oxygen atoms in total. The minimum Gasteiger partial charge on any atom is -0.493 e. The molecule has 1 heterocycles. The number of alkyl halides is 3. The summed E-state index contributed by atoms with van der Waals surface area (Å²) >= 11 is 5.71. The van der Waals surface area contributed by atoms with Crippen LogP contribution in [-0.4, -0.2) is 45.3 Å². The van der Waals surface area contributed by atoms with Crippen molar-refractivity contribution in [1.82, 2.24) is 4.90 Å². The molecule has 0 aromatic heterocycles. The van der Waals surface area contributed by atoms with E-state index >= 15 is 0 Å². The van der Waals surface area contributed by atoms with E-state index in [-0.39, 0.29) is 5.02 Å². The van der Waals surface area contributed by atoms with E-state index in [1.165, 1.54) is 6.07 Å². The number of rotatable bonds is 5. The lowest BCUT2D eigenvalue weighted by molar-refractivity contribution is -0.137. The van der Waals surface area contributed by atoms with Crippen molar-refractivity contribution in [3.8, 4) is 11.5 Å². The van der Waals surface area contributed by atoms with Gasteiger partial charge in [-0.25, -0.2) is 0 Å². The van der Waals surface area contributed by atoms with Crippen molar-refractivity contribution in [2.24, 2.45) is 0 Å². The fourth-order valence-corrected chi connectivity index (χ4v) is 3.55. The Morgan fingerprint density at radius 1 is 0.929 bits per heavy atom. The largest absolute Gasteiger partial charge is 0.493 e. The van der Waals surface area contributed by atoms with E-state index in [1.807, 2.05) is 23.1 Å². The third-order valence-electron chi connectivity index (χ3n) is 4.85. The maximum atomic E-state index is 13.1. The first-order valence-electron chi connectivity index (χ1n) is 8.87. The number of hydrogen-bond donors (Lipinski definition) is 0. The molecule has 0 amide bonds. The Morgan fingerprint density at radius 2 is 1.61 bits per heavy atom. The quantitative estimate of drug-likeness (QED) is 0.708. The van der Waals surface area contributed by atoms with Crippen molar-refractivity contribution in [3.63, 3.8) is 0 Å². The summed E-state index contributed by atoms with van der Waals surface area (Å²) < 4.78 is 49.8. The van der Waals surface area contributed by atoms with Gasteiger partial charge in [0.2, 0.25) is 0 Å². The predicted molar refractivity (Wildman–Crippen MR) is 103 cm³/mol. The van der Waals surface area contributed by atoms with Crippen molar-refractivity contribution >= 4 is 17.3 Å². The fourth-order valence-electron chi connectivity index (χ4n) is 3.33. The van der Waals surface area contributed by atoms with Gasteiger partial charge in [-0.3, -0.25) is 4.90 Å². The molecule has 1 fully saturated rings. The molecular formula is C20H22ClF3N2O2. The molecule has 3 rings (SSSR count). The average molecular weight is 415 g/mol. The summed E-state index contributed by atoms with van der Waals surface area (Å²) in [5.41, 5.74) is 0.846. The van der Waals surface area contributed by atoms with E-state index < -0.39 is 11.7 Å². The summed E-state index contributed by atoms with van der Waals surface area (Å²) in [7, 11) is 3.19. The molecule has 0 unspecified atom stereocenters. The molecule has 0 spiro atoms. The molecule has 2 aromatic rings. The molecule has 28 heavy (non-hydrogen) atoms. The van der Waals surface area contributed by atoms with Crippen LogP contribution >= 0.6 is 11.6 Å². The molecule has 0 bridgehead atoms. The van der Waals surface area contributed by atoms with Gasteiger partial charge in [0.25, 0.3) is 0 Å². The second-order valence-electron chi connectivity index (χ2n) is 6.61. The number of benzene rings is 2. The lowest BCUT2D eigenvalue weighted by Gasteiger charge is -2.36. The van der Waals surface area contributed by atoms with Gasteiger partial charge in [-0.2, -0.15) is 13.2 Å². The highest BCUT2D eigenvalue weighted by Crippen LogP contribution is 2.37. The Bertz CT molecular complexity index is 822. The number of nitrogens with zero attached hydrogens (tertiary/aromatic N) is 2. The number of hydrogen-bond acceptors (Lipinski definition) is 4. The SMILES string of the molecule is COc1ccc(CN2CCN(c3ccc(Cl)c(C(F)(F)F)c3)CC2)cc1OC. The van der Waals surface area contributed by atoms with Crippen LogP contribution in [0.15, 0.2) is 36.4 Å². The molecule has 0 radical (unpaired) electrons. The van der Waals surface area contributed by atoms with Gasteiger partial charge in [0.15, 0.2) is 11.5 Å². The summed E-state index contributed by atoms with van der Waals surface area (Å²) in [6.07, 6.45) is -4.46. The van der Waals surface area contributed by atoms with Crippen LogP contribution in [-0.2, 0) is 12.7 Å². The Morgan fingerprint density at radius 3 is 2.21 bits per heavy atom. The van der Waals surface area contributed by atoms with E-state index in [4.69, 9.17) is 21.1 Å². The first-order chi connectivity index (χ1) is 13.3. The highest BCUT2D eigenvalue weighted by atomic mass is 35.5. The van der Waals surface area contributed by atoms with Gasteiger partial charge < -0.3 is 14.4 Å². The van der Waals surface area contributed by atoms with Crippen LogP contribution in [0.2, 0.25) is 5.02 Å². The van der Waals surface area contributed by atoms with E-state index in [9.17, 15) is 13.2 Å². The lowest BCUT2D eigenvalue weighted by Crippen LogP contribution is -2.46. The standard InChI is InChI=1S/C20H22ClF3N2O2/c1-27-18-6-3-14(11-19(18)28-2)13-25-7-9-26(10-8-25)15-4-5-17(21)16(12-15)20(22,23)24/h3-6,11-12H,7-10,13H2,1-2H3. The van der Waals surface area contributed by atoms with E-state index in [0.717, 1.165) is 31.3 Å². The van der Waals surface area contributed by atoms with Crippen LogP contribution in [0, 0.1) is 0 Å². The van der Waals surface area contributed by atoms with Crippen LogP contribution in [0.25, 0.3) is 0 Å². The summed E-state index contributed by atoms with van der Waals surface area (Å²) in [4.78, 5) is 4.22. The monoisotopic (exact) mass is 414 g/mol. The van der Waals surface area contributed by atoms with Gasteiger partial charge in [0.05, 0.1) is 24.8 Å². The highest BCUT2D eigenvalue weighted by molar-refractivity contribution is 6.31. The van der Waals surface area contributed by atoms with Crippen LogP contribution in [0.1, 0.15) is 11.1 Å². The van der Waals surface area contributed by atoms with Crippen molar-refractivity contribution in [1.29, 1.82) is 0 Å². The van der Waals surface area contributed by atoms with Gasteiger partial charge in [-0.15, -0.1) is 0 Å². The lowest BCUT2D eigenvalue weighted by atomic mass is 10.1. The van der Waals surface area contributed by atoms with Crippen LogP contribution < -0.4 is 14.4 Å².